The molecule has 8 heteroatoms. The lowest BCUT2D eigenvalue weighted by atomic mass is 10.1. The number of nitrogens with zero attached hydrogens (tertiary/aromatic N) is 6. The quantitative estimate of drug-likeness (QED) is 0.218. The van der Waals surface area contributed by atoms with Gasteiger partial charge in [-0.25, -0.2) is 9.56 Å². The van der Waals surface area contributed by atoms with Crippen molar-refractivity contribution in [3.05, 3.63) is 69.2 Å². The van der Waals surface area contributed by atoms with Crippen molar-refractivity contribution >= 4 is 42.0 Å². The second-order valence-electron chi connectivity index (χ2n) is 9.83. The lowest BCUT2D eigenvalue weighted by molar-refractivity contribution is 0.332. The molecule has 2 aromatic carbocycles. The number of hydrogen-bond donors (Lipinski definition) is 0. The number of anilines is 1. The van der Waals surface area contributed by atoms with Gasteiger partial charge in [0.05, 0.1) is 11.4 Å². The van der Waals surface area contributed by atoms with E-state index in [9.17, 15) is 0 Å². The molecule has 0 unspecified atom stereocenters. The van der Waals surface area contributed by atoms with Crippen LogP contribution in [0.15, 0.2) is 53.5 Å². The molecule has 0 N–H and O–H groups in total. The van der Waals surface area contributed by atoms with Gasteiger partial charge >= 0.3 is 0 Å². The van der Waals surface area contributed by atoms with Gasteiger partial charge in [0.25, 0.3) is 0 Å². The summed E-state index contributed by atoms with van der Waals surface area (Å²) in [6.45, 7) is 7.97. The Bertz CT molecular complexity index is 1340. The monoisotopic (exact) mass is 518 g/mol. The van der Waals surface area contributed by atoms with Crippen LogP contribution in [0.1, 0.15) is 49.7 Å². The number of rotatable bonds is 3. The molecular weight excluding hydrogens is 484 g/mol. The Balaban J connectivity index is 1.73. The van der Waals surface area contributed by atoms with E-state index in [1.54, 1.807) is 0 Å². The van der Waals surface area contributed by atoms with Crippen LogP contribution in [0.2, 0.25) is 0 Å². The van der Waals surface area contributed by atoms with Crippen molar-refractivity contribution < 1.29 is 0 Å². The molecule has 2 saturated heterocycles. The first-order valence-electron chi connectivity index (χ1n) is 13.0. The highest BCUT2D eigenvalue weighted by molar-refractivity contribution is 7.72. The molecule has 3 aromatic rings. The smallest absolute Gasteiger partial charge is 0.215 e. The summed E-state index contributed by atoms with van der Waals surface area (Å²) in [4.78, 5) is 14.8. The highest BCUT2D eigenvalue weighted by Gasteiger charge is 2.24. The van der Waals surface area contributed by atoms with E-state index in [2.05, 4.69) is 76.7 Å². The summed E-state index contributed by atoms with van der Waals surface area (Å²) in [6, 6.07) is 16.8. The fourth-order valence-electron chi connectivity index (χ4n) is 4.94. The lowest BCUT2D eigenvalue weighted by Crippen LogP contribution is -2.42. The Morgan fingerprint density at radius 1 is 0.750 bits per heavy atom. The Morgan fingerprint density at radius 3 is 1.92 bits per heavy atom. The molecule has 2 aliphatic rings. The summed E-state index contributed by atoms with van der Waals surface area (Å²) in [7, 11) is 0. The molecule has 0 spiro atoms. The number of hydrogen-bond acceptors (Lipinski definition) is 5. The van der Waals surface area contributed by atoms with E-state index < -0.39 is 0 Å². The fourth-order valence-corrected chi connectivity index (χ4v) is 5.60. The normalized spacial score (nSPS) is 16.9. The van der Waals surface area contributed by atoms with Crippen molar-refractivity contribution in [3.63, 3.8) is 0 Å². The fraction of sp³-hybridized carbons (Fsp3) is 0.429. The first-order valence-corrected chi connectivity index (χ1v) is 13.8. The van der Waals surface area contributed by atoms with Crippen molar-refractivity contribution in [2.75, 3.05) is 31.1 Å². The number of aryl methyl sites for hydroxylation is 2. The third-order valence-electron chi connectivity index (χ3n) is 7.00. The SMILES string of the molecule is Cc1ccc(N=C(N2CCCCC2)n2c(=S)nc(N3CCCCC3)n(-c3ccc(C)cc3)c2=S)cc1. The van der Waals surface area contributed by atoms with Crippen molar-refractivity contribution in [1.29, 1.82) is 0 Å². The van der Waals surface area contributed by atoms with Crippen LogP contribution in [0.25, 0.3) is 5.69 Å². The van der Waals surface area contributed by atoms with Crippen LogP contribution < -0.4 is 4.90 Å². The largest absolute Gasteiger partial charge is 0.342 e. The van der Waals surface area contributed by atoms with Crippen LogP contribution in [-0.4, -0.2) is 51.2 Å². The van der Waals surface area contributed by atoms with E-state index in [-0.39, 0.29) is 0 Å². The van der Waals surface area contributed by atoms with E-state index in [0.717, 1.165) is 75.1 Å². The number of piperidine rings is 2. The number of likely N-dealkylation sites (tertiary alicyclic amines) is 1. The minimum absolute atomic E-state index is 0.459. The molecule has 0 atom stereocenters. The van der Waals surface area contributed by atoms with Gasteiger partial charge in [-0.2, -0.15) is 4.98 Å². The zero-order valence-electron chi connectivity index (χ0n) is 21.2. The van der Waals surface area contributed by atoms with Gasteiger partial charge in [-0.1, -0.05) is 35.4 Å². The summed E-state index contributed by atoms with van der Waals surface area (Å²) in [5.41, 5.74) is 4.30. The Morgan fingerprint density at radius 2 is 1.31 bits per heavy atom. The van der Waals surface area contributed by atoms with Crippen molar-refractivity contribution in [1.82, 2.24) is 19.0 Å². The van der Waals surface area contributed by atoms with Gasteiger partial charge in [0, 0.05) is 26.2 Å². The molecule has 5 rings (SSSR count). The molecule has 0 saturated carbocycles. The molecule has 0 aliphatic carbocycles. The van der Waals surface area contributed by atoms with E-state index >= 15 is 0 Å². The van der Waals surface area contributed by atoms with Gasteiger partial charge in [0.2, 0.25) is 16.7 Å². The minimum atomic E-state index is 0.459. The predicted octanol–water partition coefficient (Wildman–Crippen LogP) is 6.76. The first kappa shape index (κ1) is 24.8. The highest BCUT2D eigenvalue weighted by Crippen LogP contribution is 2.25. The molecule has 6 nitrogen and oxygen atoms in total. The summed E-state index contributed by atoms with van der Waals surface area (Å²) >= 11 is 12.2. The van der Waals surface area contributed by atoms with Gasteiger partial charge in [0.1, 0.15) is 0 Å². The molecule has 0 radical (unpaired) electrons. The number of aliphatic imine (C=N–C) groups is 1. The average molecular weight is 519 g/mol. The minimum Gasteiger partial charge on any atom is -0.342 e. The molecule has 1 aromatic heterocycles. The maximum absolute atomic E-state index is 6.22. The molecular formula is C28H34N6S2. The molecule has 3 heterocycles. The Kier molecular flexibility index (Phi) is 7.62. The second kappa shape index (κ2) is 11.0. The highest BCUT2D eigenvalue weighted by atomic mass is 32.1. The molecule has 36 heavy (non-hydrogen) atoms. The zero-order valence-corrected chi connectivity index (χ0v) is 22.8. The molecule has 2 aliphatic heterocycles. The standard InChI is InChI=1S/C28H34N6S2/c1-21-9-13-23(14-10-21)29-25(31-17-5-3-6-18-31)34-27(35)30-26(32-19-7-4-8-20-32)33(28(34)36)24-15-11-22(2)12-16-24/h9-16H,3-8,17-20H2,1-2H3. The van der Waals surface area contributed by atoms with E-state index in [1.165, 1.54) is 24.0 Å². The van der Waals surface area contributed by atoms with Gasteiger partial charge < -0.3 is 9.80 Å². The topological polar surface area (TPSA) is 41.6 Å². The third-order valence-corrected chi connectivity index (χ3v) is 7.64. The van der Waals surface area contributed by atoms with E-state index in [4.69, 9.17) is 34.4 Å². The lowest BCUT2D eigenvalue weighted by Gasteiger charge is -2.33. The summed E-state index contributed by atoms with van der Waals surface area (Å²) in [5, 5.41) is 0. The second-order valence-corrected chi connectivity index (χ2v) is 10.6. The van der Waals surface area contributed by atoms with E-state index in [1.807, 2.05) is 4.57 Å². The van der Waals surface area contributed by atoms with Gasteiger partial charge in [-0.15, -0.1) is 0 Å². The Hall–Kier alpha value is -2.84. The van der Waals surface area contributed by atoms with Crippen molar-refractivity contribution in [3.8, 4) is 5.69 Å². The van der Waals surface area contributed by atoms with Crippen LogP contribution in [0.4, 0.5) is 11.6 Å². The van der Waals surface area contributed by atoms with Crippen molar-refractivity contribution in [2.45, 2.75) is 52.4 Å². The number of aromatic nitrogens is 3. The van der Waals surface area contributed by atoms with Gasteiger partial charge in [0.15, 0.2) is 4.77 Å². The summed E-state index contributed by atoms with van der Waals surface area (Å²) in [6.07, 6.45) is 7.04. The van der Waals surface area contributed by atoms with Gasteiger partial charge in [-0.3, -0.25) is 4.57 Å². The van der Waals surface area contributed by atoms with Crippen molar-refractivity contribution in [2.24, 2.45) is 4.99 Å². The van der Waals surface area contributed by atoms with Crippen LogP contribution in [0.3, 0.4) is 0 Å². The third kappa shape index (κ3) is 5.30. The van der Waals surface area contributed by atoms with Gasteiger partial charge in [-0.05, 0) is 101 Å². The molecule has 0 bridgehead atoms. The van der Waals surface area contributed by atoms with Crippen LogP contribution >= 0.6 is 24.4 Å². The number of benzene rings is 2. The van der Waals surface area contributed by atoms with Crippen LogP contribution in [0.5, 0.6) is 0 Å². The summed E-state index contributed by atoms with van der Waals surface area (Å²) < 4.78 is 5.06. The van der Waals surface area contributed by atoms with Crippen LogP contribution in [0, 0.1) is 23.4 Å². The van der Waals surface area contributed by atoms with E-state index in [0.29, 0.717) is 9.54 Å². The molecule has 2 fully saturated rings. The van der Waals surface area contributed by atoms with Crippen LogP contribution in [-0.2, 0) is 0 Å². The summed E-state index contributed by atoms with van der Waals surface area (Å²) in [5.74, 6) is 1.60. The maximum Gasteiger partial charge on any atom is 0.215 e. The molecule has 188 valence electrons. The molecule has 0 amide bonds. The predicted molar refractivity (Wildman–Crippen MR) is 153 cm³/mol. The Labute approximate surface area is 223 Å². The maximum atomic E-state index is 6.22. The zero-order chi connectivity index (χ0) is 25.1. The average Bonchev–Trinajstić information content (AvgIpc) is 2.91. The first-order chi connectivity index (χ1) is 17.5.